The van der Waals surface area contributed by atoms with Crippen LogP contribution < -0.4 is 5.32 Å². The molecule has 1 aliphatic heterocycles. The molecule has 4 heteroatoms. The van der Waals surface area contributed by atoms with Gasteiger partial charge in [0.2, 0.25) is 0 Å². The van der Waals surface area contributed by atoms with Crippen molar-refractivity contribution in [2.75, 3.05) is 6.54 Å². The largest absolute Gasteiger partial charge is 0.307 e. The SMILES string of the molecule is Cn1nccc1C1CC(C#N)CN1. The third kappa shape index (κ3) is 1.43. The van der Waals surface area contributed by atoms with E-state index in [1.165, 1.54) is 0 Å². The monoisotopic (exact) mass is 176 g/mol. The Kier molecular flexibility index (Phi) is 2.03. The summed E-state index contributed by atoms with van der Waals surface area (Å²) in [4.78, 5) is 0. The fourth-order valence-corrected chi connectivity index (χ4v) is 1.79. The number of aryl methyl sites for hydroxylation is 1. The quantitative estimate of drug-likeness (QED) is 0.681. The first-order valence-corrected chi connectivity index (χ1v) is 4.42. The number of hydrogen-bond donors (Lipinski definition) is 1. The first kappa shape index (κ1) is 8.27. The van der Waals surface area contributed by atoms with Gasteiger partial charge in [0.1, 0.15) is 0 Å². The van der Waals surface area contributed by atoms with Crippen molar-refractivity contribution in [3.63, 3.8) is 0 Å². The average Bonchev–Trinajstić information content (AvgIpc) is 2.71. The highest BCUT2D eigenvalue weighted by Gasteiger charge is 2.26. The van der Waals surface area contributed by atoms with E-state index in [2.05, 4.69) is 16.5 Å². The van der Waals surface area contributed by atoms with E-state index in [9.17, 15) is 0 Å². The molecule has 0 bridgehead atoms. The predicted octanol–water partition coefficient (Wildman–Crippen LogP) is 0.594. The van der Waals surface area contributed by atoms with Gasteiger partial charge < -0.3 is 5.32 Å². The summed E-state index contributed by atoms with van der Waals surface area (Å²) < 4.78 is 1.86. The Morgan fingerprint density at radius 2 is 2.62 bits per heavy atom. The Hall–Kier alpha value is -1.34. The molecule has 1 aromatic rings. The maximum atomic E-state index is 8.74. The van der Waals surface area contributed by atoms with Crippen molar-refractivity contribution in [1.82, 2.24) is 15.1 Å². The number of nitrogens with zero attached hydrogens (tertiary/aromatic N) is 3. The molecule has 2 atom stereocenters. The maximum Gasteiger partial charge on any atom is 0.0669 e. The molecule has 0 aliphatic carbocycles. The van der Waals surface area contributed by atoms with Crippen molar-refractivity contribution >= 4 is 0 Å². The van der Waals surface area contributed by atoms with E-state index in [0.29, 0.717) is 6.04 Å². The summed E-state index contributed by atoms with van der Waals surface area (Å²) in [5.41, 5.74) is 1.16. The standard InChI is InChI=1S/C9H12N4/c1-13-9(2-3-12-13)8-4-7(5-10)6-11-8/h2-3,7-8,11H,4,6H2,1H3. The molecule has 1 saturated heterocycles. The van der Waals surface area contributed by atoms with Crippen molar-refractivity contribution < 1.29 is 0 Å². The van der Waals surface area contributed by atoms with Crippen molar-refractivity contribution in [3.8, 4) is 6.07 Å². The molecule has 1 N–H and O–H groups in total. The average molecular weight is 176 g/mol. The molecule has 68 valence electrons. The van der Waals surface area contributed by atoms with Crippen LogP contribution in [0.3, 0.4) is 0 Å². The second kappa shape index (κ2) is 3.19. The van der Waals surface area contributed by atoms with Crippen LogP contribution >= 0.6 is 0 Å². The molecule has 13 heavy (non-hydrogen) atoms. The Labute approximate surface area is 77.2 Å². The Balaban J connectivity index is 2.13. The Bertz CT molecular complexity index is 336. The van der Waals surface area contributed by atoms with E-state index in [-0.39, 0.29) is 5.92 Å². The van der Waals surface area contributed by atoms with E-state index in [4.69, 9.17) is 5.26 Å². The molecule has 1 aliphatic rings. The molecule has 0 spiro atoms. The third-order valence-electron chi connectivity index (χ3n) is 2.53. The van der Waals surface area contributed by atoms with Gasteiger partial charge in [0.05, 0.1) is 23.7 Å². The molecule has 0 radical (unpaired) electrons. The highest BCUT2D eigenvalue weighted by molar-refractivity contribution is 5.11. The molecule has 2 heterocycles. The summed E-state index contributed by atoms with van der Waals surface area (Å²) in [7, 11) is 1.93. The first-order valence-electron chi connectivity index (χ1n) is 4.42. The second-order valence-corrected chi connectivity index (χ2v) is 3.40. The molecule has 1 aromatic heterocycles. The van der Waals surface area contributed by atoms with Crippen LogP contribution in [0.2, 0.25) is 0 Å². The summed E-state index contributed by atoms with van der Waals surface area (Å²) in [6.45, 7) is 0.798. The zero-order chi connectivity index (χ0) is 9.26. The molecule has 0 saturated carbocycles. The van der Waals surface area contributed by atoms with Crippen molar-refractivity contribution in [2.24, 2.45) is 13.0 Å². The molecular weight excluding hydrogens is 164 g/mol. The lowest BCUT2D eigenvalue weighted by Crippen LogP contribution is -2.16. The topological polar surface area (TPSA) is 53.6 Å². The van der Waals surface area contributed by atoms with Crippen LogP contribution in [0, 0.1) is 17.2 Å². The van der Waals surface area contributed by atoms with Crippen LogP contribution in [0.4, 0.5) is 0 Å². The van der Waals surface area contributed by atoms with Crippen molar-refractivity contribution in [1.29, 1.82) is 5.26 Å². The van der Waals surface area contributed by atoms with Gasteiger partial charge in [0.25, 0.3) is 0 Å². The molecule has 1 fully saturated rings. The van der Waals surface area contributed by atoms with Crippen LogP contribution in [0.25, 0.3) is 0 Å². The first-order chi connectivity index (χ1) is 6.31. The molecule has 0 amide bonds. The van der Waals surface area contributed by atoms with Gasteiger partial charge in [-0.2, -0.15) is 10.4 Å². The summed E-state index contributed by atoms with van der Waals surface area (Å²) in [6.07, 6.45) is 2.69. The second-order valence-electron chi connectivity index (χ2n) is 3.40. The molecular formula is C9H12N4. The van der Waals surface area contributed by atoms with E-state index >= 15 is 0 Å². The fraction of sp³-hybridized carbons (Fsp3) is 0.556. The normalized spacial score (nSPS) is 27.4. The fourth-order valence-electron chi connectivity index (χ4n) is 1.79. The van der Waals surface area contributed by atoms with E-state index in [1.54, 1.807) is 6.20 Å². The maximum absolute atomic E-state index is 8.74. The van der Waals surface area contributed by atoms with Gasteiger partial charge in [-0.05, 0) is 12.5 Å². The van der Waals surface area contributed by atoms with Gasteiger partial charge in [-0.25, -0.2) is 0 Å². The third-order valence-corrected chi connectivity index (χ3v) is 2.53. The van der Waals surface area contributed by atoms with Gasteiger partial charge in [0, 0.05) is 19.8 Å². The van der Waals surface area contributed by atoms with E-state index in [0.717, 1.165) is 18.7 Å². The van der Waals surface area contributed by atoms with Crippen LogP contribution in [0.5, 0.6) is 0 Å². The van der Waals surface area contributed by atoms with Crippen LogP contribution in [0.15, 0.2) is 12.3 Å². The Morgan fingerprint density at radius 1 is 1.77 bits per heavy atom. The summed E-state index contributed by atoms with van der Waals surface area (Å²) in [5, 5.41) is 16.2. The van der Waals surface area contributed by atoms with Gasteiger partial charge in [-0.1, -0.05) is 0 Å². The van der Waals surface area contributed by atoms with E-state index < -0.39 is 0 Å². The van der Waals surface area contributed by atoms with Gasteiger partial charge in [-0.3, -0.25) is 4.68 Å². The Morgan fingerprint density at radius 3 is 3.15 bits per heavy atom. The summed E-state index contributed by atoms with van der Waals surface area (Å²) >= 11 is 0. The van der Waals surface area contributed by atoms with E-state index in [1.807, 2.05) is 17.8 Å². The lowest BCUT2D eigenvalue weighted by Gasteiger charge is -2.09. The van der Waals surface area contributed by atoms with Gasteiger partial charge in [0.15, 0.2) is 0 Å². The zero-order valence-corrected chi connectivity index (χ0v) is 7.57. The summed E-state index contributed by atoms with van der Waals surface area (Å²) in [6, 6.07) is 4.58. The van der Waals surface area contributed by atoms with Crippen LogP contribution in [-0.4, -0.2) is 16.3 Å². The zero-order valence-electron chi connectivity index (χ0n) is 7.57. The van der Waals surface area contributed by atoms with Crippen LogP contribution in [0.1, 0.15) is 18.2 Å². The molecule has 2 rings (SSSR count). The minimum Gasteiger partial charge on any atom is -0.307 e. The summed E-state index contributed by atoms with van der Waals surface area (Å²) in [5.74, 6) is 0.153. The molecule has 2 unspecified atom stereocenters. The lowest BCUT2D eigenvalue weighted by atomic mass is 10.1. The molecule has 0 aromatic carbocycles. The number of rotatable bonds is 1. The highest BCUT2D eigenvalue weighted by atomic mass is 15.3. The number of aromatic nitrogens is 2. The molecule has 4 nitrogen and oxygen atoms in total. The van der Waals surface area contributed by atoms with Crippen molar-refractivity contribution in [3.05, 3.63) is 18.0 Å². The number of nitriles is 1. The number of nitrogens with one attached hydrogen (secondary N) is 1. The van der Waals surface area contributed by atoms with Crippen molar-refractivity contribution in [2.45, 2.75) is 12.5 Å². The highest BCUT2D eigenvalue weighted by Crippen LogP contribution is 2.25. The predicted molar refractivity (Wildman–Crippen MR) is 47.7 cm³/mol. The lowest BCUT2D eigenvalue weighted by molar-refractivity contribution is 0.569. The van der Waals surface area contributed by atoms with Crippen LogP contribution in [-0.2, 0) is 7.05 Å². The van der Waals surface area contributed by atoms with Gasteiger partial charge in [-0.15, -0.1) is 0 Å². The minimum atomic E-state index is 0.153. The minimum absolute atomic E-state index is 0.153. The van der Waals surface area contributed by atoms with Gasteiger partial charge >= 0.3 is 0 Å². The smallest absolute Gasteiger partial charge is 0.0669 e. The number of hydrogen-bond acceptors (Lipinski definition) is 3.